The average Bonchev–Trinajstić information content (AvgIpc) is 3.22. The van der Waals surface area contributed by atoms with Crippen molar-refractivity contribution in [1.82, 2.24) is 14.5 Å². The van der Waals surface area contributed by atoms with Crippen molar-refractivity contribution in [3.05, 3.63) is 102 Å². The van der Waals surface area contributed by atoms with Crippen LogP contribution in [-0.2, 0) is 5.54 Å². The van der Waals surface area contributed by atoms with Crippen molar-refractivity contribution in [2.24, 2.45) is 5.73 Å². The van der Waals surface area contributed by atoms with E-state index in [1.54, 1.807) is 12.3 Å². The van der Waals surface area contributed by atoms with Gasteiger partial charge in [0.1, 0.15) is 11.6 Å². The fourth-order valence-electron chi connectivity index (χ4n) is 5.58. The van der Waals surface area contributed by atoms with Crippen molar-refractivity contribution in [2.75, 3.05) is 5.32 Å². The van der Waals surface area contributed by atoms with Crippen LogP contribution in [-0.4, -0.2) is 14.5 Å². The summed E-state index contributed by atoms with van der Waals surface area (Å²) in [6, 6.07) is 25.7. The summed E-state index contributed by atoms with van der Waals surface area (Å²) in [5.41, 5.74) is 13.7. The van der Waals surface area contributed by atoms with E-state index in [2.05, 4.69) is 46.1 Å². The van der Waals surface area contributed by atoms with Gasteiger partial charge in [-0.25, -0.2) is 14.4 Å². The maximum absolute atomic E-state index is 15.7. The Bertz CT molecular complexity index is 1680. The van der Waals surface area contributed by atoms with E-state index >= 15 is 4.39 Å². The Kier molecular flexibility index (Phi) is 4.81. The van der Waals surface area contributed by atoms with Gasteiger partial charge in [-0.3, -0.25) is 4.57 Å². The Balaban J connectivity index is 1.56. The lowest BCUT2D eigenvalue weighted by Gasteiger charge is -2.38. The Morgan fingerprint density at radius 2 is 1.81 bits per heavy atom. The zero-order valence-electron chi connectivity index (χ0n) is 20.5. The van der Waals surface area contributed by atoms with Gasteiger partial charge in [-0.15, -0.1) is 0 Å². The van der Waals surface area contributed by atoms with E-state index < -0.39 is 5.54 Å². The number of hydrogen-bond donors (Lipinski definition) is 2. The molecule has 3 heterocycles. The fourth-order valence-corrected chi connectivity index (χ4v) is 5.58. The van der Waals surface area contributed by atoms with Crippen LogP contribution < -0.4 is 11.1 Å². The number of pyridine rings is 1. The predicted molar refractivity (Wildman–Crippen MR) is 145 cm³/mol. The van der Waals surface area contributed by atoms with E-state index in [1.807, 2.05) is 48.5 Å². The number of hydrogen-bond acceptors (Lipinski definition) is 4. The number of nitrogens with two attached hydrogens (primary N) is 1. The van der Waals surface area contributed by atoms with Crippen LogP contribution in [0, 0.1) is 12.7 Å². The molecule has 0 spiro atoms. The minimum Gasteiger partial charge on any atom is -0.338 e. The normalized spacial score (nSPS) is 15.0. The third-order valence-electron chi connectivity index (χ3n) is 7.64. The molecule has 1 aliphatic carbocycles. The minimum atomic E-state index is -0.574. The highest BCUT2D eigenvalue weighted by Gasteiger charge is 2.37. The highest BCUT2D eigenvalue weighted by molar-refractivity contribution is 5.91. The molecule has 1 aliphatic heterocycles. The van der Waals surface area contributed by atoms with Crippen molar-refractivity contribution >= 4 is 11.5 Å². The first kappa shape index (κ1) is 21.9. The first-order chi connectivity index (χ1) is 18.0. The molecular weight excluding hydrogens is 461 g/mol. The van der Waals surface area contributed by atoms with Crippen molar-refractivity contribution < 1.29 is 4.39 Å². The second-order valence-electron chi connectivity index (χ2n) is 10.1. The van der Waals surface area contributed by atoms with Gasteiger partial charge in [-0.2, -0.15) is 0 Å². The number of anilines is 2. The molecule has 0 bridgehead atoms. The molecule has 2 aromatic heterocycles. The summed E-state index contributed by atoms with van der Waals surface area (Å²) in [6.45, 7) is 2.07. The minimum absolute atomic E-state index is 0.274. The van der Waals surface area contributed by atoms with Crippen LogP contribution >= 0.6 is 0 Å². The molecule has 6 heteroatoms. The third kappa shape index (κ3) is 3.40. The molecule has 5 aromatic rings. The molecule has 3 N–H and O–H groups in total. The highest BCUT2D eigenvalue weighted by atomic mass is 19.1. The maximum Gasteiger partial charge on any atom is 0.154 e. The lowest BCUT2D eigenvalue weighted by Crippen LogP contribution is -2.44. The topological polar surface area (TPSA) is 68.8 Å². The Labute approximate surface area is 214 Å². The average molecular weight is 488 g/mol. The summed E-state index contributed by atoms with van der Waals surface area (Å²) < 4.78 is 17.8. The zero-order chi connectivity index (χ0) is 25.1. The SMILES string of the molecule is Cc1cccc(-c2nc3n(c2-c2ccc(C4(N)CCC4)c(F)c2)-c2cccnc2Nc2ccccc2-3)c1. The number of fused-ring (bicyclic) bond motifs is 5. The largest absolute Gasteiger partial charge is 0.338 e. The van der Waals surface area contributed by atoms with E-state index in [9.17, 15) is 0 Å². The first-order valence-electron chi connectivity index (χ1n) is 12.6. The quantitative estimate of drug-likeness (QED) is 0.279. The molecule has 5 nitrogen and oxygen atoms in total. The van der Waals surface area contributed by atoms with Gasteiger partial charge in [0.25, 0.3) is 0 Å². The second kappa shape index (κ2) is 8.11. The van der Waals surface area contributed by atoms with Crippen LogP contribution in [0.5, 0.6) is 0 Å². The van der Waals surface area contributed by atoms with Crippen molar-refractivity contribution in [1.29, 1.82) is 0 Å². The van der Waals surface area contributed by atoms with Gasteiger partial charge >= 0.3 is 0 Å². The summed E-state index contributed by atoms with van der Waals surface area (Å²) >= 11 is 0. The smallest absolute Gasteiger partial charge is 0.154 e. The van der Waals surface area contributed by atoms with Crippen LogP contribution in [0.1, 0.15) is 30.4 Å². The number of benzene rings is 3. The fraction of sp³-hybridized carbons (Fsp3) is 0.161. The van der Waals surface area contributed by atoms with Gasteiger partial charge in [0.05, 0.1) is 22.8 Å². The van der Waals surface area contributed by atoms with Crippen LogP contribution in [0.3, 0.4) is 0 Å². The summed E-state index contributed by atoms with van der Waals surface area (Å²) in [4.78, 5) is 9.86. The van der Waals surface area contributed by atoms with Gasteiger partial charge in [0.2, 0.25) is 0 Å². The van der Waals surface area contributed by atoms with Crippen LogP contribution in [0.2, 0.25) is 0 Å². The predicted octanol–water partition coefficient (Wildman–Crippen LogP) is 7.11. The number of imidazole rings is 1. The van der Waals surface area contributed by atoms with Crippen LogP contribution in [0.4, 0.5) is 15.9 Å². The summed E-state index contributed by atoms with van der Waals surface area (Å²) in [6.07, 6.45) is 4.41. The van der Waals surface area contributed by atoms with Crippen molar-refractivity contribution in [3.63, 3.8) is 0 Å². The van der Waals surface area contributed by atoms with Crippen LogP contribution in [0.25, 0.3) is 39.6 Å². The lowest BCUT2D eigenvalue weighted by atomic mass is 9.72. The Hall–Kier alpha value is -4.29. The number of para-hydroxylation sites is 1. The molecule has 0 amide bonds. The number of aromatic nitrogens is 3. The Morgan fingerprint density at radius 1 is 0.946 bits per heavy atom. The lowest BCUT2D eigenvalue weighted by molar-refractivity contribution is 0.245. The Morgan fingerprint density at radius 3 is 2.59 bits per heavy atom. The monoisotopic (exact) mass is 487 g/mol. The summed E-state index contributed by atoms with van der Waals surface area (Å²) in [5, 5.41) is 3.48. The zero-order valence-corrected chi connectivity index (χ0v) is 20.5. The number of halogens is 1. The summed E-state index contributed by atoms with van der Waals surface area (Å²) in [7, 11) is 0. The van der Waals surface area contributed by atoms with Gasteiger partial charge in [-0.1, -0.05) is 48.0 Å². The molecule has 0 unspecified atom stereocenters. The van der Waals surface area contributed by atoms with Crippen LogP contribution in [0.15, 0.2) is 85.1 Å². The van der Waals surface area contributed by atoms with E-state index in [0.717, 1.165) is 75.9 Å². The van der Waals surface area contributed by atoms with Crippen molar-refractivity contribution in [3.8, 4) is 39.6 Å². The van der Waals surface area contributed by atoms with E-state index in [4.69, 9.17) is 10.7 Å². The number of nitrogens with zero attached hydrogens (tertiary/aromatic N) is 3. The molecule has 37 heavy (non-hydrogen) atoms. The number of rotatable bonds is 3. The second-order valence-corrected chi connectivity index (χ2v) is 10.1. The molecule has 0 radical (unpaired) electrons. The highest BCUT2D eigenvalue weighted by Crippen LogP contribution is 2.46. The number of nitrogens with one attached hydrogen (secondary N) is 1. The van der Waals surface area contributed by atoms with Gasteiger partial charge < -0.3 is 11.1 Å². The molecule has 3 aromatic carbocycles. The number of aryl methyl sites for hydroxylation is 1. The molecule has 2 aliphatic rings. The molecule has 182 valence electrons. The molecule has 1 saturated carbocycles. The van der Waals surface area contributed by atoms with Gasteiger partial charge in [0.15, 0.2) is 5.82 Å². The van der Waals surface area contributed by atoms with E-state index in [1.165, 1.54) is 0 Å². The molecule has 0 atom stereocenters. The first-order valence-corrected chi connectivity index (χ1v) is 12.6. The van der Waals surface area contributed by atoms with Gasteiger partial charge in [0, 0.05) is 34.0 Å². The van der Waals surface area contributed by atoms with E-state index in [-0.39, 0.29) is 5.82 Å². The maximum atomic E-state index is 15.7. The van der Waals surface area contributed by atoms with Gasteiger partial charge in [-0.05, 0) is 62.6 Å². The molecule has 1 fully saturated rings. The third-order valence-corrected chi connectivity index (χ3v) is 7.64. The molecule has 0 saturated heterocycles. The summed E-state index contributed by atoms with van der Waals surface area (Å²) in [5.74, 6) is 1.22. The van der Waals surface area contributed by atoms with Crippen molar-refractivity contribution in [2.45, 2.75) is 31.7 Å². The standard InChI is InChI=1S/C31H26FN5/c1-19-7-4-8-20(17-19)27-28(21-12-13-23(24(32)18-21)31(33)14-6-15-31)37-26-11-5-16-34-29(26)35-25-10-3-2-9-22(25)30(37)36-27/h2-5,7-13,16-18H,6,14-15,33H2,1H3,(H,34,35). The molecular formula is C31H26FN5. The molecule has 7 rings (SSSR count). The van der Waals surface area contributed by atoms with E-state index in [0.29, 0.717) is 5.56 Å².